The highest BCUT2D eigenvalue weighted by Crippen LogP contribution is 2.24. The molecule has 0 fully saturated rings. The third kappa shape index (κ3) is 3.36. The lowest BCUT2D eigenvalue weighted by Crippen LogP contribution is -2.21. The van der Waals surface area contributed by atoms with Crippen molar-refractivity contribution >= 4 is 33.6 Å². The molecule has 3 rings (SSSR count). The van der Waals surface area contributed by atoms with Gasteiger partial charge in [-0.1, -0.05) is 6.07 Å². The number of benzene rings is 1. The second-order valence-electron chi connectivity index (χ2n) is 4.27. The molecule has 0 amide bonds. The molecule has 0 radical (unpaired) electrons. The highest BCUT2D eigenvalue weighted by atomic mass is 19.4. The SMILES string of the molecule is O=C(O)C(F)(F)F.O=C(O)c1[nH]nc2c1ccc1cnccc12. The number of alkyl halides is 3. The molecule has 2 heterocycles. The normalized spacial score (nSPS) is 11.1. The third-order valence-corrected chi connectivity index (χ3v) is 2.80. The first-order chi connectivity index (χ1) is 10.7. The van der Waals surface area contributed by atoms with E-state index in [9.17, 15) is 18.0 Å². The lowest BCUT2D eigenvalue weighted by molar-refractivity contribution is -0.192. The number of nitrogens with zero attached hydrogens (tertiary/aromatic N) is 2. The van der Waals surface area contributed by atoms with Crippen molar-refractivity contribution in [1.82, 2.24) is 15.2 Å². The summed E-state index contributed by atoms with van der Waals surface area (Å²) in [5.74, 6) is -3.76. The molecule has 3 N–H and O–H groups in total. The van der Waals surface area contributed by atoms with E-state index in [4.69, 9.17) is 15.0 Å². The lowest BCUT2D eigenvalue weighted by atomic mass is 10.1. The van der Waals surface area contributed by atoms with Gasteiger partial charge in [0.1, 0.15) is 5.52 Å². The van der Waals surface area contributed by atoms with Gasteiger partial charge >= 0.3 is 18.1 Å². The number of aromatic amines is 1. The Hall–Kier alpha value is -3.17. The smallest absolute Gasteiger partial charge is 0.477 e. The number of pyridine rings is 1. The number of aromatic nitrogens is 3. The van der Waals surface area contributed by atoms with Gasteiger partial charge in [0.15, 0.2) is 5.69 Å². The standard InChI is InChI=1S/C11H7N3O2.C2HF3O2/c15-11(16)10-8-2-1-6-5-12-4-3-7(6)9(8)13-14-10;3-2(4,5)1(6)7/h1-5H,(H,13,14)(H,15,16);(H,6,7). The molecule has 0 spiro atoms. The summed E-state index contributed by atoms with van der Waals surface area (Å²) in [6, 6.07) is 5.41. The Morgan fingerprint density at radius 2 is 1.74 bits per heavy atom. The first-order valence-corrected chi connectivity index (χ1v) is 5.96. The maximum absolute atomic E-state index is 10.9. The van der Waals surface area contributed by atoms with Crippen molar-refractivity contribution in [3.63, 3.8) is 0 Å². The van der Waals surface area contributed by atoms with Crippen LogP contribution in [0.2, 0.25) is 0 Å². The van der Waals surface area contributed by atoms with Crippen LogP contribution in [0.5, 0.6) is 0 Å². The van der Waals surface area contributed by atoms with Crippen LogP contribution in [0.25, 0.3) is 21.7 Å². The van der Waals surface area contributed by atoms with Crippen molar-refractivity contribution in [1.29, 1.82) is 0 Å². The fourth-order valence-electron chi connectivity index (χ4n) is 1.81. The summed E-state index contributed by atoms with van der Waals surface area (Å²) in [6.07, 6.45) is -1.69. The first kappa shape index (κ1) is 16.2. The zero-order chi connectivity index (χ0) is 17.2. The number of aromatic carboxylic acids is 1. The van der Waals surface area contributed by atoms with Crippen LogP contribution in [-0.2, 0) is 4.79 Å². The van der Waals surface area contributed by atoms with Crippen LogP contribution in [0.15, 0.2) is 30.6 Å². The van der Waals surface area contributed by atoms with E-state index in [0.717, 1.165) is 10.8 Å². The molecule has 7 nitrogen and oxygen atoms in total. The van der Waals surface area contributed by atoms with Crippen molar-refractivity contribution in [3.8, 4) is 0 Å². The van der Waals surface area contributed by atoms with Gasteiger partial charge in [-0.15, -0.1) is 0 Å². The van der Waals surface area contributed by atoms with Gasteiger partial charge in [0.2, 0.25) is 0 Å². The number of carbonyl (C=O) groups is 2. The van der Waals surface area contributed by atoms with Gasteiger partial charge in [-0.2, -0.15) is 18.3 Å². The Balaban J connectivity index is 0.000000236. The van der Waals surface area contributed by atoms with Gasteiger partial charge in [-0.25, -0.2) is 9.59 Å². The Bertz CT molecular complexity index is 889. The molecule has 0 unspecified atom stereocenters. The molecule has 0 bridgehead atoms. The summed E-state index contributed by atoms with van der Waals surface area (Å²) in [6.45, 7) is 0. The largest absolute Gasteiger partial charge is 0.490 e. The molecule has 23 heavy (non-hydrogen) atoms. The molecule has 1 aromatic carbocycles. The van der Waals surface area contributed by atoms with E-state index >= 15 is 0 Å². The van der Waals surface area contributed by atoms with Crippen LogP contribution in [0.4, 0.5) is 13.2 Å². The average molecular weight is 327 g/mol. The number of hydrogen-bond acceptors (Lipinski definition) is 4. The summed E-state index contributed by atoms with van der Waals surface area (Å²) in [5.41, 5.74) is 0.783. The maximum atomic E-state index is 10.9. The van der Waals surface area contributed by atoms with Crippen molar-refractivity contribution < 1.29 is 33.0 Å². The molecule has 10 heteroatoms. The number of fused-ring (bicyclic) bond motifs is 3. The summed E-state index contributed by atoms with van der Waals surface area (Å²) in [7, 11) is 0. The summed E-state index contributed by atoms with van der Waals surface area (Å²) in [4.78, 5) is 23.8. The predicted octanol–water partition coefficient (Wildman–Crippen LogP) is 2.44. The Morgan fingerprint density at radius 3 is 2.30 bits per heavy atom. The van der Waals surface area contributed by atoms with E-state index in [1.165, 1.54) is 0 Å². The molecule has 120 valence electrons. The summed E-state index contributed by atoms with van der Waals surface area (Å²) >= 11 is 0. The molecule has 2 aromatic heterocycles. The molecule has 3 aromatic rings. The third-order valence-electron chi connectivity index (χ3n) is 2.80. The van der Waals surface area contributed by atoms with Crippen LogP contribution < -0.4 is 0 Å². The van der Waals surface area contributed by atoms with Crippen LogP contribution in [-0.4, -0.2) is 43.5 Å². The maximum Gasteiger partial charge on any atom is 0.490 e. The topological polar surface area (TPSA) is 116 Å². The van der Waals surface area contributed by atoms with E-state index in [1.807, 2.05) is 12.1 Å². The van der Waals surface area contributed by atoms with E-state index in [-0.39, 0.29) is 5.69 Å². The second-order valence-corrected chi connectivity index (χ2v) is 4.27. The molecular weight excluding hydrogens is 319 g/mol. The highest BCUT2D eigenvalue weighted by Gasteiger charge is 2.38. The summed E-state index contributed by atoms with van der Waals surface area (Å²) in [5, 5.41) is 25.1. The minimum Gasteiger partial charge on any atom is -0.477 e. The van der Waals surface area contributed by atoms with Crippen molar-refractivity contribution in [2.75, 3.05) is 0 Å². The molecule has 0 aliphatic carbocycles. The number of rotatable bonds is 1. The molecule has 0 saturated heterocycles. The fourth-order valence-corrected chi connectivity index (χ4v) is 1.81. The number of hydrogen-bond donors (Lipinski definition) is 3. The van der Waals surface area contributed by atoms with Crippen molar-refractivity contribution in [3.05, 3.63) is 36.3 Å². The number of carboxylic acid groups (broad SMARTS) is 2. The van der Waals surface area contributed by atoms with E-state index in [0.29, 0.717) is 10.9 Å². The van der Waals surface area contributed by atoms with Gasteiger partial charge in [0.25, 0.3) is 0 Å². The van der Waals surface area contributed by atoms with Crippen LogP contribution in [0.1, 0.15) is 10.5 Å². The first-order valence-electron chi connectivity index (χ1n) is 5.96. The van der Waals surface area contributed by atoms with Gasteiger partial charge < -0.3 is 10.2 Å². The fraction of sp³-hybridized carbons (Fsp3) is 0.0769. The van der Waals surface area contributed by atoms with E-state index in [2.05, 4.69) is 15.2 Å². The zero-order valence-corrected chi connectivity index (χ0v) is 11.1. The van der Waals surface area contributed by atoms with Gasteiger partial charge in [-0.05, 0) is 12.1 Å². The van der Waals surface area contributed by atoms with Gasteiger partial charge in [0.05, 0.1) is 0 Å². The molecule has 0 aliphatic rings. The summed E-state index contributed by atoms with van der Waals surface area (Å²) < 4.78 is 31.7. The van der Waals surface area contributed by atoms with E-state index in [1.54, 1.807) is 18.5 Å². The average Bonchev–Trinajstić information content (AvgIpc) is 2.91. The van der Waals surface area contributed by atoms with Crippen LogP contribution in [0.3, 0.4) is 0 Å². The van der Waals surface area contributed by atoms with Crippen LogP contribution in [0, 0.1) is 0 Å². The quantitative estimate of drug-likeness (QED) is 0.632. The Labute approximate surface area is 125 Å². The van der Waals surface area contributed by atoms with Crippen molar-refractivity contribution in [2.24, 2.45) is 0 Å². The van der Waals surface area contributed by atoms with Crippen molar-refractivity contribution in [2.45, 2.75) is 6.18 Å². The Morgan fingerprint density at radius 1 is 1.09 bits per heavy atom. The second kappa shape index (κ2) is 5.91. The zero-order valence-electron chi connectivity index (χ0n) is 11.1. The predicted molar refractivity (Wildman–Crippen MR) is 72.0 cm³/mol. The highest BCUT2D eigenvalue weighted by molar-refractivity contribution is 6.11. The minimum atomic E-state index is -5.08. The van der Waals surface area contributed by atoms with Gasteiger partial charge in [0, 0.05) is 28.6 Å². The molecule has 0 atom stereocenters. The van der Waals surface area contributed by atoms with Gasteiger partial charge in [-0.3, -0.25) is 10.1 Å². The lowest BCUT2D eigenvalue weighted by Gasteiger charge is -1.96. The number of halogens is 3. The number of nitrogens with one attached hydrogen (secondary N) is 1. The van der Waals surface area contributed by atoms with Crippen LogP contribution >= 0.6 is 0 Å². The Kier molecular flexibility index (Phi) is 4.16. The molecular formula is C13H8F3N3O4. The number of aliphatic carboxylic acids is 1. The number of carboxylic acids is 2. The molecule has 0 aliphatic heterocycles. The number of H-pyrrole nitrogens is 1. The van der Waals surface area contributed by atoms with E-state index < -0.39 is 18.1 Å². The minimum absolute atomic E-state index is 0.119. The molecule has 0 saturated carbocycles. The monoisotopic (exact) mass is 327 g/mol.